The van der Waals surface area contributed by atoms with E-state index < -0.39 is 0 Å². The summed E-state index contributed by atoms with van der Waals surface area (Å²) in [5.74, 6) is 0.951. The zero-order chi connectivity index (χ0) is 13.8. The summed E-state index contributed by atoms with van der Waals surface area (Å²) in [7, 11) is 0. The zero-order valence-corrected chi connectivity index (χ0v) is 13.2. The Bertz CT molecular complexity index is 311. The van der Waals surface area contributed by atoms with Crippen LogP contribution in [-0.4, -0.2) is 18.3 Å². The Kier molecular flexibility index (Phi) is 9.82. The van der Waals surface area contributed by atoms with Crippen LogP contribution >= 0.6 is 15.9 Å². The lowest BCUT2D eigenvalue weighted by Crippen LogP contribution is -1.97. The van der Waals surface area contributed by atoms with E-state index in [1.165, 1.54) is 38.5 Å². The molecule has 0 heterocycles. The van der Waals surface area contributed by atoms with Crippen LogP contribution in [0, 0.1) is 0 Å². The molecule has 0 fully saturated rings. The van der Waals surface area contributed by atoms with Crippen molar-refractivity contribution in [3.05, 3.63) is 28.7 Å². The van der Waals surface area contributed by atoms with E-state index >= 15 is 0 Å². The summed E-state index contributed by atoms with van der Waals surface area (Å²) in [6.45, 7) is 1.15. The van der Waals surface area contributed by atoms with Crippen molar-refractivity contribution >= 4 is 15.9 Å². The van der Waals surface area contributed by atoms with Crippen LogP contribution in [0.3, 0.4) is 0 Å². The molecule has 0 saturated heterocycles. The van der Waals surface area contributed by atoms with Crippen LogP contribution in [-0.2, 0) is 0 Å². The first-order valence-corrected chi connectivity index (χ1v) is 8.11. The highest BCUT2D eigenvalue weighted by Crippen LogP contribution is 2.16. The molecule has 0 amide bonds. The molecule has 0 radical (unpaired) electrons. The van der Waals surface area contributed by atoms with Gasteiger partial charge in [0.1, 0.15) is 5.75 Å². The standard InChI is InChI=1S/C16H25BrO2/c17-15-9-11-16(12-10-15)19-14-8-6-4-2-1-3-5-7-13-18/h9-12,18H,1-8,13-14H2. The van der Waals surface area contributed by atoms with Crippen molar-refractivity contribution in [3.8, 4) is 5.75 Å². The van der Waals surface area contributed by atoms with Gasteiger partial charge in [-0.15, -0.1) is 0 Å². The Balaban J connectivity index is 1.87. The van der Waals surface area contributed by atoms with Crippen molar-refractivity contribution in [2.45, 2.75) is 51.4 Å². The third-order valence-corrected chi connectivity index (χ3v) is 3.66. The minimum absolute atomic E-state index is 0.341. The van der Waals surface area contributed by atoms with Crippen molar-refractivity contribution in [2.75, 3.05) is 13.2 Å². The Labute approximate surface area is 125 Å². The number of aliphatic hydroxyl groups excluding tert-OH is 1. The van der Waals surface area contributed by atoms with Crippen LogP contribution in [0.4, 0.5) is 0 Å². The SMILES string of the molecule is OCCCCCCCCCCOc1ccc(Br)cc1. The highest BCUT2D eigenvalue weighted by atomic mass is 79.9. The average Bonchev–Trinajstić information content (AvgIpc) is 2.43. The van der Waals surface area contributed by atoms with E-state index in [1.54, 1.807) is 0 Å². The lowest BCUT2D eigenvalue weighted by atomic mass is 10.1. The number of ether oxygens (including phenoxy) is 1. The van der Waals surface area contributed by atoms with Gasteiger partial charge in [0.25, 0.3) is 0 Å². The van der Waals surface area contributed by atoms with Crippen molar-refractivity contribution in [2.24, 2.45) is 0 Å². The monoisotopic (exact) mass is 328 g/mol. The molecular weight excluding hydrogens is 304 g/mol. The number of halogens is 1. The summed E-state index contributed by atoms with van der Waals surface area (Å²) in [4.78, 5) is 0. The minimum atomic E-state index is 0.341. The summed E-state index contributed by atoms with van der Waals surface area (Å²) >= 11 is 3.41. The first kappa shape index (κ1) is 16.5. The molecule has 0 aliphatic rings. The quantitative estimate of drug-likeness (QED) is 0.583. The van der Waals surface area contributed by atoms with E-state index in [0.29, 0.717) is 6.61 Å². The lowest BCUT2D eigenvalue weighted by Gasteiger charge is -2.06. The van der Waals surface area contributed by atoms with Crippen molar-refractivity contribution in [3.63, 3.8) is 0 Å². The molecule has 1 aromatic carbocycles. The molecule has 3 heteroatoms. The summed E-state index contributed by atoms with van der Waals surface area (Å²) in [6, 6.07) is 7.99. The molecule has 108 valence electrons. The molecule has 0 aromatic heterocycles. The smallest absolute Gasteiger partial charge is 0.119 e. The second-order valence-corrected chi connectivity index (χ2v) is 5.77. The molecule has 0 atom stereocenters. The number of rotatable bonds is 11. The van der Waals surface area contributed by atoms with Gasteiger partial charge in [0.15, 0.2) is 0 Å². The van der Waals surface area contributed by atoms with Gasteiger partial charge in [0.05, 0.1) is 6.61 Å². The van der Waals surface area contributed by atoms with Gasteiger partial charge in [-0.3, -0.25) is 0 Å². The van der Waals surface area contributed by atoms with E-state index in [4.69, 9.17) is 9.84 Å². The normalized spacial score (nSPS) is 10.6. The third kappa shape index (κ3) is 9.06. The highest BCUT2D eigenvalue weighted by molar-refractivity contribution is 9.10. The molecule has 0 aliphatic carbocycles. The Morgan fingerprint density at radius 2 is 1.32 bits per heavy atom. The van der Waals surface area contributed by atoms with E-state index in [-0.39, 0.29) is 0 Å². The van der Waals surface area contributed by atoms with Gasteiger partial charge in [-0.1, -0.05) is 54.5 Å². The molecule has 1 aromatic rings. The Morgan fingerprint density at radius 3 is 1.89 bits per heavy atom. The minimum Gasteiger partial charge on any atom is -0.494 e. The van der Waals surface area contributed by atoms with Gasteiger partial charge in [-0.2, -0.15) is 0 Å². The topological polar surface area (TPSA) is 29.5 Å². The van der Waals surface area contributed by atoms with Crippen molar-refractivity contribution in [1.29, 1.82) is 0 Å². The predicted octanol–water partition coefficient (Wildman–Crippen LogP) is 4.94. The second kappa shape index (κ2) is 11.3. The molecule has 0 bridgehead atoms. The van der Waals surface area contributed by atoms with Gasteiger partial charge in [-0.05, 0) is 37.1 Å². The van der Waals surface area contributed by atoms with Crippen molar-refractivity contribution in [1.82, 2.24) is 0 Å². The molecule has 2 nitrogen and oxygen atoms in total. The van der Waals surface area contributed by atoms with Gasteiger partial charge in [0.2, 0.25) is 0 Å². The molecule has 0 unspecified atom stereocenters. The fraction of sp³-hybridized carbons (Fsp3) is 0.625. The molecule has 0 saturated carbocycles. The molecule has 19 heavy (non-hydrogen) atoms. The van der Waals surface area contributed by atoms with Crippen LogP contribution in [0.15, 0.2) is 28.7 Å². The first-order chi connectivity index (χ1) is 9.33. The second-order valence-electron chi connectivity index (χ2n) is 4.85. The number of unbranched alkanes of at least 4 members (excludes halogenated alkanes) is 7. The fourth-order valence-electron chi connectivity index (χ4n) is 2.00. The molecular formula is C16H25BrO2. The van der Waals surface area contributed by atoms with Crippen LogP contribution in [0.2, 0.25) is 0 Å². The van der Waals surface area contributed by atoms with Crippen LogP contribution in [0.1, 0.15) is 51.4 Å². The first-order valence-electron chi connectivity index (χ1n) is 7.32. The number of aliphatic hydroxyl groups is 1. The average molecular weight is 329 g/mol. The van der Waals surface area contributed by atoms with Gasteiger partial charge >= 0.3 is 0 Å². The summed E-state index contributed by atoms with van der Waals surface area (Å²) in [5, 5.41) is 8.66. The third-order valence-electron chi connectivity index (χ3n) is 3.13. The van der Waals surface area contributed by atoms with E-state index in [9.17, 15) is 0 Å². The molecule has 0 spiro atoms. The maximum atomic E-state index is 8.66. The van der Waals surface area contributed by atoms with Crippen LogP contribution in [0.5, 0.6) is 5.75 Å². The van der Waals surface area contributed by atoms with Gasteiger partial charge in [0, 0.05) is 11.1 Å². The summed E-state index contributed by atoms with van der Waals surface area (Å²) < 4.78 is 6.76. The maximum absolute atomic E-state index is 8.66. The number of hydrogen-bond donors (Lipinski definition) is 1. The number of hydrogen-bond acceptors (Lipinski definition) is 2. The molecule has 1 N–H and O–H groups in total. The largest absolute Gasteiger partial charge is 0.494 e. The lowest BCUT2D eigenvalue weighted by molar-refractivity contribution is 0.282. The highest BCUT2D eigenvalue weighted by Gasteiger charge is 1.95. The van der Waals surface area contributed by atoms with Crippen LogP contribution < -0.4 is 4.74 Å². The molecule has 0 aliphatic heterocycles. The van der Waals surface area contributed by atoms with Gasteiger partial charge in [-0.25, -0.2) is 0 Å². The van der Waals surface area contributed by atoms with Gasteiger partial charge < -0.3 is 9.84 Å². The van der Waals surface area contributed by atoms with E-state index in [0.717, 1.165) is 29.7 Å². The fourth-order valence-corrected chi connectivity index (χ4v) is 2.26. The Morgan fingerprint density at radius 1 is 0.789 bits per heavy atom. The van der Waals surface area contributed by atoms with Crippen molar-refractivity contribution < 1.29 is 9.84 Å². The van der Waals surface area contributed by atoms with Crippen LogP contribution in [0.25, 0.3) is 0 Å². The number of benzene rings is 1. The maximum Gasteiger partial charge on any atom is 0.119 e. The molecule has 1 rings (SSSR count). The summed E-state index contributed by atoms with van der Waals surface area (Å²) in [6.07, 6.45) is 9.67. The zero-order valence-electron chi connectivity index (χ0n) is 11.6. The van der Waals surface area contributed by atoms with E-state index in [2.05, 4.69) is 15.9 Å². The Hall–Kier alpha value is -0.540. The van der Waals surface area contributed by atoms with E-state index in [1.807, 2.05) is 24.3 Å². The predicted molar refractivity (Wildman–Crippen MR) is 83.7 cm³/mol. The summed E-state index contributed by atoms with van der Waals surface area (Å²) in [5.41, 5.74) is 0.